The lowest BCUT2D eigenvalue weighted by atomic mass is 9.76. The van der Waals surface area contributed by atoms with E-state index in [1.54, 1.807) is 0 Å². The molecule has 2 aliphatic rings. The third-order valence-corrected chi connectivity index (χ3v) is 5.65. The number of hydrogen-bond acceptors (Lipinski definition) is 2. The number of carboxylic acid groups (broad SMARTS) is 1. The molecule has 2 bridgehead atoms. The molecule has 3 atom stereocenters. The highest BCUT2D eigenvalue weighted by Crippen LogP contribution is 2.56. The molecule has 1 aromatic rings. The van der Waals surface area contributed by atoms with Crippen LogP contribution in [0.1, 0.15) is 55.5 Å². The van der Waals surface area contributed by atoms with Gasteiger partial charge >= 0.3 is 12.1 Å². The van der Waals surface area contributed by atoms with Gasteiger partial charge in [0.1, 0.15) is 11.4 Å². The Kier molecular flexibility index (Phi) is 4.04. The van der Waals surface area contributed by atoms with Gasteiger partial charge in [-0.25, -0.2) is 4.79 Å². The number of rotatable bonds is 4. The zero-order valence-corrected chi connectivity index (χ0v) is 13.7. The molecule has 6 heteroatoms. The standard InChI is InChI=1S/C18H21F3O3/c1-10(2)17(9-11-3-5-13(17)7-11)24-15-8-12(16(22)23)4-6-14(15)18(19,20)21/h4,6,8,10-11,13H,3,5,7,9H2,1-2H3,(H,22,23). The van der Waals surface area contributed by atoms with Gasteiger partial charge in [0, 0.05) is 0 Å². The average Bonchev–Trinajstić information content (AvgIpc) is 3.07. The van der Waals surface area contributed by atoms with Crippen LogP contribution in [0.4, 0.5) is 13.2 Å². The highest BCUT2D eigenvalue weighted by atomic mass is 19.4. The Morgan fingerprint density at radius 1 is 1.33 bits per heavy atom. The van der Waals surface area contributed by atoms with Gasteiger partial charge in [-0.05, 0) is 61.6 Å². The van der Waals surface area contributed by atoms with Crippen LogP contribution < -0.4 is 4.74 Å². The molecule has 0 spiro atoms. The Hall–Kier alpha value is -1.72. The first-order valence-corrected chi connectivity index (χ1v) is 8.27. The Balaban J connectivity index is 2.04. The second-order valence-electron chi connectivity index (χ2n) is 7.31. The number of halogens is 3. The van der Waals surface area contributed by atoms with Gasteiger partial charge in [0.2, 0.25) is 0 Å². The first kappa shape index (κ1) is 17.1. The molecule has 0 aliphatic heterocycles. The Bertz CT molecular complexity index is 653. The van der Waals surface area contributed by atoms with Gasteiger partial charge in [-0.3, -0.25) is 0 Å². The van der Waals surface area contributed by atoms with E-state index in [9.17, 15) is 18.0 Å². The number of carboxylic acids is 1. The summed E-state index contributed by atoms with van der Waals surface area (Å²) in [5.41, 5.74) is -1.74. The van der Waals surface area contributed by atoms with E-state index >= 15 is 0 Å². The Morgan fingerprint density at radius 2 is 2.04 bits per heavy atom. The van der Waals surface area contributed by atoms with E-state index in [1.165, 1.54) is 0 Å². The Morgan fingerprint density at radius 3 is 2.50 bits per heavy atom. The van der Waals surface area contributed by atoms with Crippen LogP contribution in [0.25, 0.3) is 0 Å². The minimum Gasteiger partial charge on any atom is -0.486 e. The maximum Gasteiger partial charge on any atom is 0.419 e. The molecule has 2 saturated carbocycles. The summed E-state index contributed by atoms with van der Waals surface area (Å²) < 4.78 is 46.0. The zero-order valence-electron chi connectivity index (χ0n) is 13.7. The lowest BCUT2D eigenvalue weighted by molar-refractivity contribution is -0.141. The van der Waals surface area contributed by atoms with Crippen LogP contribution in [0, 0.1) is 17.8 Å². The van der Waals surface area contributed by atoms with Crippen LogP contribution in [-0.4, -0.2) is 16.7 Å². The summed E-state index contributed by atoms with van der Waals surface area (Å²) in [4.78, 5) is 11.2. The van der Waals surface area contributed by atoms with Gasteiger partial charge < -0.3 is 9.84 Å². The summed E-state index contributed by atoms with van der Waals surface area (Å²) in [5, 5.41) is 9.11. The van der Waals surface area contributed by atoms with Crippen molar-refractivity contribution < 1.29 is 27.8 Å². The minimum absolute atomic E-state index is 0.0577. The fourth-order valence-electron chi connectivity index (χ4n) is 4.45. The third kappa shape index (κ3) is 2.76. The lowest BCUT2D eigenvalue weighted by Gasteiger charge is -2.42. The highest BCUT2D eigenvalue weighted by Gasteiger charge is 2.55. The van der Waals surface area contributed by atoms with E-state index in [4.69, 9.17) is 9.84 Å². The predicted molar refractivity (Wildman–Crippen MR) is 82.0 cm³/mol. The van der Waals surface area contributed by atoms with Gasteiger partial charge in [0.05, 0.1) is 11.1 Å². The van der Waals surface area contributed by atoms with Crippen LogP contribution in [0.3, 0.4) is 0 Å². The second kappa shape index (κ2) is 5.67. The summed E-state index contributed by atoms with van der Waals surface area (Å²) >= 11 is 0. The monoisotopic (exact) mass is 342 g/mol. The molecule has 3 unspecified atom stereocenters. The molecule has 3 rings (SSSR count). The van der Waals surface area contributed by atoms with E-state index in [1.807, 2.05) is 13.8 Å². The van der Waals surface area contributed by atoms with Gasteiger partial charge in [-0.1, -0.05) is 13.8 Å². The minimum atomic E-state index is -4.58. The van der Waals surface area contributed by atoms with Gasteiger partial charge in [0.15, 0.2) is 0 Å². The fourth-order valence-corrected chi connectivity index (χ4v) is 4.45. The first-order valence-electron chi connectivity index (χ1n) is 8.27. The molecule has 0 saturated heterocycles. The van der Waals surface area contributed by atoms with Crippen LogP contribution in [0.15, 0.2) is 18.2 Å². The van der Waals surface area contributed by atoms with Crippen molar-refractivity contribution in [1.82, 2.24) is 0 Å². The van der Waals surface area contributed by atoms with Crippen molar-refractivity contribution in [3.8, 4) is 5.75 Å². The number of ether oxygens (including phenoxy) is 1. The fraction of sp³-hybridized carbons (Fsp3) is 0.611. The summed E-state index contributed by atoms with van der Waals surface area (Å²) in [6.45, 7) is 3.93. The van der Waals surface area contributed by atoms with E-state index in [-0.39, 0.29) is 23.1 Å². The molecule has 1 N–H and O–H groups in total. The molecular weight excluding hydrogens is 321 g/mol. The number of hydrogen-bond donors (Lipinski definition) is 1. The zero-order chi connectivity index (χ0) is 17.7. The van der Waals surface area contributed by atoms with Crippen molar-refractivity contribution in [2.24, 2.45) is 17.8 Å². The number of aromatic carboxylic acids is 1. The van der Waals surface area contributed by atoms with Crippen molar-refractivity contribution >= 4 is 5.97 Å². The molecule has 1 aromatic carbocycles. The van der Waals surface area contributed by atoms with Crippen molar-refractivity contribution in [2.45, 2.75) is 51.3 Å². The van der Waals surface area contributed by atoms with Crippen LogP contribution in [-0.2, 0) is 6.18 Å². The normalized spacial score (nSPS) is 29.2. The number of carbonyl (C=O) groups is 1. The van der Waals surface area contributed by atoms with Crippen LogP contribution in [0.5, 0.6) is 5.75 Å². The lowest BCUT2D eigenvalue weighted by Crippen LogP contribution is -2.46. The largest absolute Gasteiger partial charge is 0.486 e. The number of fused-ring (bicyclic) bond motifs is 2. The third-order valence-electron chi connectivity index (χ3n) is 5.65. The molecule has 0 amide bonds. The summed E-state index contributed by atoms with van der Waals surface area (Å²) in [6.07, 6.45) is -0.795. The molecule has 2 fully saturated rings. The SMILES string of the molecule is CC(C)C1(Oc2cc(C(=O)O)ccc2C(F)(F)F)CC2CCC1C2. The molecule has 0 radical (unpaired) electrons. The van der Waals surface area contributed by atoms with E-state index in [0.29, 0.717) is 5.92 Å². The second-order valence-corrected chi connectivity index (χ2v) is 7.31. The highest BCUT2D eigenvalue weighted by molar-refractivity contribution is 5.88. The molecule has 3 nitrogen and oxygen atoms in total. The van der Waals surface area contributed by atoms with E-state index in [2.05, 4.69) is 0 Å². The number of benzene rings is 1. The molecule has 132 valence electrons. The molecular formula is C18H21F3O3. The summed E-state index contributed by atoms with van der Waals surface area (Å²) in [7, 11) is 0. The topological polar surface area (TPSA) is 46.5 Å². The van der Waals surface area contributed by atoms with Gasteiger partial charge in [0.25, 0.3) is 0 Å². The van der Waals surface area contributed by atoms with Crippen LogP contribution in [0.2, 0.25) is 0 Å². The van der Waals surface area contributed by atoms with Crippen molar-refractivity contribution in [3.63, 3.8) is 0 Å². The predicted octanol–water partition coefficient (Wildman–Crippen LogP) is 5.00. The van der Waals surface area contributed by atoms with Gasteiger partial charge in [-0.15, -0.1) is 0 Å². The van der Waals surface area contributed by atoms with Crippen molar-refractivity contribution in [1.29, 1.82) is 0 Å². The molecule has 0 aromatic heterocycles. The van der Waals surface area contributed by atoms with Crippen LogP contribution >= 0.6 is 0 Å². The maximum absolute atomic E-state index is 13.3. The molecule has 24 heavy (non-hydrogen) atoms. The summed E-state index contributed by atoms with van der Waals surface area (Å²) in [5.74, 6) is -0.836. The van der Waals surface area contributed by atoms with Crippen molar-refractivity contribution in [2.75, 3.05) is 0 Å². The molecule has 2 aliphatic carbocycles. The van der Waals surface area contributed by atoms with E-state index < -0.39 is 23.3 Å². The maximum atomic E-state index is 13.3. The smallest absolute Gasteiger partial charge is 0.419 e. The van der Waals surface area contributed by atoms with Crippen molar-refractivity contribution in [3.05, 3.63) is 29.3 Å². The van der Waals surface area contributed by atoms with Gasteiger partial charge in [-0.2, -0.15) is 13.2 Å². The molecule has 0 heterocycles. The summed E-state index contributed by atoms with van der Waals surface area (Å²) in [6, 6.07) is 2.79. The van der Waals surface area contributed by atoms with E-state index in [0.717, 1.165) is 43.9 Å². The average molecular weight is 342 g/mol. The first-order chi connectivity index (χ1) is 11.1. The Labute approximate surface area is 138 Å². The number of alkyl halides is 3. The quantitative estimate of drug-likeness (QED) is 0.838.